The average Bonchev–Trinajstić information content (AvgIpc) is 0.762. The first-order chi connectivity index (χ1) is 51.7. The second-order valence-corrected chi connectivity index (χ2v) is 30.4. The van der Waals surface area contributed by atoms with Crippen LogP contribution in [0, 0.1) is 27.7 Å². The third kappa shape index (κ3) is 17.9. The predicted octanol–water partition coefficient (Wildman–Crippen LogP) is 25.2. The van der Waals surface area contributed by atoms with Gasteiger partial charge < -0.3 is 40.9 Å². The quantitative estimate of drug-likeness (QED) is 0.0457. The second-order valence-electron chi connectivity index (χ2n) is 27.0. The van der Waals surface area contributed by atoms with Gasteiger partial charge in [0.1, 0.15) is 46.0 Å². The molecule has 0 bridgehead atoms. The maximum atomic E-state index is 11.1. The highest BCUT2D eigenvalue weighted by molar-refractivity contribution is 7.99. The Hall–Kier alpha value is -11.5. The fourth-order valence-corrected chi connectivity index (χ4v) is 16.5. The lowest BCUT2D eigenvalue weighted by molar-refractivity contribution is 0.461. The van der Waals surface area contributed by atoms with Gasteiger partial charge in [0.2, 0.25) is 0 Å². The summed E-state index contributed by atoms with van der Waals surface area (Å²) in [6.45, 7) is 16.2. The van der Waals surface area contributed by atoms with Crippen molar-refractivity contribution in [2.45, 2.75) is 108 Å². The zero-order valence-corrected chi connectivity index (χ0v) is 63.3. The SMILES string of the molecule is Cc1cc(C(C)c2ccncc2)cc(-c2ccccc2O)c1O.Cc1cc(Sc2ccc(O)cc2)cc(C(C)c2c3ccccc3cc3ccccc23)c1O.Cc1cc(Sc2ccc(O)cc2)cc(C(C)c2cccc3ccccc23)c1O.Cc1cc(Sc2ccc(O)cc2)cc(C(C)c2ccccc2)c1O. The van der Waals surface area contributed by atoms with Gasteiger partial charge in [-0.05, 0) is 250 Å². The molecule has 4 atom stereocenters. The number of phenolic OH excluding ortho intramolecular Hbond substituents is 8. The lowest BCUT2D eigenvalue weighted by atomic mass is 9.84. The van der Waals surface area contributed by atoms with Gasteiger partial charge in [-0.25, -0.2) is 0 Å². The van der Waals surface area contributed by atoms with Crippen LogP contribution in [0.2, 0.25) is 0 Å². The number of hydrogen-bond acceptors (Lipinski definition) is 12. The van der Waals surface area contributed by atoms with Crippen LogP contribution < -0.4 is 0 Å². The first-order valence-electron chi connectivity index (χ1n) is 35.5. The molecule has 14 aromatic carbocycles. The molecule has 107 heavy (non-hydrogen) atoms. The van der Waals surface area contributed by atoms with Crippen molar-refractivity contribution < 1.29 is 40.9 Å². The third-order valence-electron chi connectivity index (χ3n) is 19.6. The summed E-state index contributed by atoms with van der Waals surface area (Å²) in [6.07, 6.45) is 3.56. The fraction of sp³-hybridized carbons (Fsp3) is 0.126. The van der Waals surface area contributed by atoms with E-state index in [1.165, 1.54) is 49.0 Å². The lowest BCUT2D eigenvalue weighted by Crippen LogP contribution is -2.01. The van der Waals surface area contributed by atoms with Gasteiger partial charge in [-0.3, -0.25) is 4.98 Å². The number of rotatable bonds is 15. The molecule has 15 aromatic rings. The molecule has 1 aromatic heterocycles. The van der Waals surface area contributed by atoms with Crippen molar-refractivity contribution in [1.82, 2.24) is 4.98 Å². The number of fused-ring (bicyclic) bond motifs is 3. The zero-order chi connectivity index (χ0) is 75.4. The third-order valence-corrected chi connectivity index (χ3v) is 22.5. The van der Waals surface area contributed by atoms with Crippen molar-refractivity contribution in [1.29, 1.82) is 0 Å². The second kappa shape index (κ2) is 34.1. The van der Waals surface area contributed by atoms with Gasteiger partial charge in [-0.15, -0.1) is 0 Å². The Morgan fingerprint density at radius 2 is 0.654 bits per heavy atom. The standard InChI is InChI=1S/C29H24O2S.C25H22O2S.C21H20O2S.C20H19NO2/c1-18-15-24(32-23-13-11-22(30)12-14-23)17-27(29(18)31)19(2)28-25-9-5-3-7-20(25)16-21-8-4-6-10-26(21)28;1-16-14-21(28-20-12-10-19(26)11-13-20)15-24(25(16)27)17(2)22-9-5-7-18-6-3-4-8-23(18)22;1-14-12-19(24-18-10-8-17(22)9-11-18)13-20(21(14)23)15(2)16-6-4-3-5-7-16;1-13-11-16(14(2)15-7-9-21-10-8-15)12-18(20(13)23)17-5-3-4-6-19(17)22/h3-17,19,30-31H,1-2H3;3-15,17,26-27H,1-2H3;3-13,15,22-23H,1-2H3;3-12,14,22-23H,1-2H3. The van der Waals surface area contributed by atoms with Gasteiger partial charge in [0.15, 0.2) is 0 Å². The van der Waals surface area contributed by atoms with Crippen LogP contribution >= 0.6 is 35.3 Å². The molecule has 0 radical (unpaired) electrons. The minimum atomic E-state index is 0.00469. The normalized spacial score (nSPS) is 12.2. The van der Waals surface area contributed by atoms with Crippen molar-refractivity contribution in [2.24, 2.45) is 0 Å². The highest BCUT2D eigenvalue weighted by Gasteiger charge is 2.24. The van der Waals surface area contributed by atoms with E-state index < -0.39 is 0 Å². The molecule has 12 heteroatoms. The van der Waals surface area contributed by atoms with Crippen molar-refractivity contribution in [3.05, 3.63) is 364 Å². The number of pyridine rings is 1. The Kier molecular flexibility index (Phi) is 24.0. The highest BCUT2D eigenvalue weighted by atomic mass is 32.2. The van der Waals surface area contributed by atoms with Crippen molar-refractivity contribution >= 4 is 67.6 Å². The molecule has 15 rings (SSSR count). The molecule has 0 aliphatic rings. The van der Waals surface area contributed by atoms with Crippen LogP contribution in [0.5, 0.6) is 46.0 Å². The molecule has 0 aliphatic carbocycles. The lowest BCUT2D eigenvalue weighted by Gasteiger charge is -2.21. The molecule has 1 heterocycles. The molecule has 8 N–H and O–H groups in total. The molecule has 0 saturated heterocycles. The van der Waals surface area contributed by atoms with Gasteiger partial charge in [0.25, 0.3) is 0 Å². The summed E-state index contributed by atoms with van der Waals surface area (Å²) >= 11 is 4.88. The number of hydrogen-bond donors (Lipinski definition) is 8. The van der Waals surface area contributed by atoms with Gasteiger partial charge in [-0.2, -0.15) is 0 Å². The van der Waals surface area contributed by atoms with E-state index >= 15 is 0 Å². The van der Waals surface area contributed by atoms with Gasteiger partial charge in [-0.1, -0.05) is 209 Å². The van der Waals surface area contributed by atoms with E-state index in [4.69, 9.17) is 0 Å². The van der Waals surface area contributed by atoms with E-state index in [9.17, 15) is 40.9 Å². The van der Waals surface area contributed by atoms with Crippen molar-refractivity contribution in [2.75, 3.05) is 0 Å². The predicted molar refractivity (Wildman–Crippen MR) is 441 cm³/mol. The number of aromatic nitrogens is 1. The summed E-state index contributed by atoms with van der Waals surface area (Å²) in [7, 11) is 0. The monoisotopic (exact) mass is 1460 g/mol. The van der Waals surface area contributed by atoms with Crippen LogP contribution in [-0.2, 0) is 0 Å². The summed E-state index contributed by atoms with van der Waals surface area (Å²) in [5, 5.41) is 88.6. The molecule has 0 saturated carbocycles. The maximum Gasteiger partial charge on any atom is 0.126 e. The van der Waals surface area contributed by atoms with Gasteiger partial charge in [0, 0.05) is 93.3 Å². The molecular weight excluding hydrogens is 1380 g/mol. The summed E-state index contributed by atoms with van der Waals surface area (Å²) in [4.78, 5) is 10.4. The van der Waals surface area contributed by atoms with Crippen LogP contribution in [0.4, 0.5) is 0 Å². The van der Waals surface area contributed by atoms with E-state index in [-0.39, 0.29) is 52.4 Å². The molecule has 0 amide bonds. The molecule has 0 spiro atoms. The van der Waals surface area contributed by atoms with Gasteiger partial charge in [0.05, 0.1) is 0 Å². The Morgan fingerprint density at radius 3 is 1.14 bits per heavy atom. The number of benzene rings is 14. The average molecular weight is 1460 g/mol. The summed E-state index contributed by atoms with van der Waals surface area (Å²) in [5.41, 5.74) is 13.3. The molecule has 0 aliphatic heterocycles. The van der Waals surface area contributed by atoms with Crippen LogP contribution in [0.15, 0.2) is 327 Å². The van der Waals surface area contributed by atoms with E-state index in [0.717, 1.165) is 79.4 Å². The minimum absolute atomic E-state index is 0.00469. The van der Waals surface area contributed by atoms with Crippen molar-refractivity contribution in [3.8, 4) is 57.1 Å². The first-order valence-corrected chi connectivity index (χ1v) is 38.0. The van der Waals surface area contributed by atoms with Crippen LogP contribution in [0.25, 0.3) is 43.4 Å². The number of nitrogens with zero attached hydrogens (tertiary/aromatic N) is 1. The molecule has 9 nitrogen and oxygen atoms in total. The van der Waals surface area contributed by atoms with Crippen molar-refractivity contribution in [3.63, 3.8) is 0 Å². The largest absolute Gasteiger partial charge is 0.508 e. The molecule has 536 valence electrons. The number of aromatic hydroxyl groups is 8. The maximum absolute atomic E-state index is 11.1. The smallest absolute Gasteiger partial charge is 0.126 e. The number of aryl methyl sites for hydroxylation is 4. The molecular formula is C95H85NO8S3. The first kappa shape index (κ1) is 75.2. The van der Waals surface area contributed by atoms with E-state index in [1.54, 1.807) is 96.2 Å². The Morgan fingerprint density at radius 1 is 0.262 bits per heavy atom. The fourth-order valence-electron chi connectivity index (χ4n) is 13.6. The number of para-hydroxylation sites is 1. The minimum Gasteiger partial charge on any atom is -0.508 e. The summed E-state index contributed by atoms with van der Waals surface area (Å²) < 4.78 is 0. The van der Waals surface area contributed by atoms with Crippen LogP contribution in [-0.4, -0.2) is 45.8 Å². The Bertz CT molecular complexity index is 5540. The summed E-state index contributed by atoms with van der Waals surface area (Å²) in [5.74, 6) is 2.57. The molecule has 0 fully saturated rings. The van der Waals surface area contributed by atoms with E-state index in [0.29, 0.717) is 28.4 Å². The van der Waals surface area contributed by atoms with Gasteiger partial charge >= 0.3 is 0 Å². The highest BCUT2D eigenvalue weighted by Crippen LogP contribution is 2.46. The zero-order valence-electron chi connectivity index (χ0n) is 60.8. The van der Waals surface area contributed by atoms with E-state index in [1.807, 2.05) is 143 Å². The Balaban J connectivity index is 0.000000135. The van der Waals surface area contributed by atoms with E-state index in [2.05, 4.69) is 154 Å². The topological polar surface area (TPSA) is 175 Å². The Labute approximate surface area is 638 Å². The van der Waals surface area contributed by atoms with Crippen LogP contribution in [0.3, 0.4) is 0 Å². The summed E-state index contributed by atoms with van der Waals surface area (Å²) in [6, 6.07) is 92.8. The molecule has 4 unspecified atom stereocenters. The van der Waals surface area contributed by atoms with Crippen LogP contribution in [0.1, 0.15) is 118 Å². The number of phenols is 8.